The third kappa shape index (κ3) is 9.17. The normalized spacial score (nSPS) is 21.9. The summed E-state index contributed by atoms with van der Waals surface area (Å²) < 4.78 is 15.8. The maximum atomic E-state index is 7.03. The summed E-state index contributed by atoms with van der Waals surface area (Å²) >= 11 is 2.31. The van der Waals surface area contributed by atoms with Gasteiger partial charge in [-0.1, -0.05) is 135 Å². The second kappa shape index (κ2) is 16.3. The van der Waals surface area contributed by atoms with Crippen LogP contribution in [0.25, 0.3) is 0 Å². The fourth-order valence-electron chi connectivity index (χ4n) is 6.08. The van der Waals surface area contributed by atoms with Crippen molar-refractivity contribution in [3.8, 4) is 0 Å². The van der Waals surface area contributed by atoms with E-state index >= 15 is 0 Å². The minimum absolute atomic E-state index is 0.0373. The van der Waals surface area contributed by atoms with Crippen molar-refractivity contribution in [1.82, 2.24) is 0 Å². The van der Waals surface area contributed by atoms with Crippen molar-refractivity contribution in [1.29, 1.82) is 0 Å². The molecule has 1 heterocycles. The van der Waals surface area contributed by atoms with Gasteiger partial charge in [-0.05, 0) is 78.4 Å². The molecule has 0 bridgehead atoms. The van der Waals surface area contributed by atoms with Crippen molar-refractivity contribution in [3.63, 3.8) is 0 Å². The molecule has 0 spiro atoms. The number of hydrogen-bond acceptors (Lipinski definition) is 2. The minimum atomic E-state index is -1.90. The molecule has 0 amide bonds. The summed E-state index contributed by atoms with van der Waals surface area (Å²) in [6, 6.07) is 33.5. The summed E-state index contributed by atoms with van der Waals surface area (Å²) in [5.41, 5.74) is 1.26. The van der Waals surface area contributed by atoms with Gasteiger partial charge in [0.05, 0.1) is 24.5 Å². The molecule has 0 radical (unpaired) electrons. The highest BCUT2D eigenvalue weighted by molar-refractivity contribution is 14.1. The van der Waals surface area contributed by atoms with E-state index in [9.17, 15) is 0 Å². The van der Waals surface area contributed by atoms with E-state index < -0.39 is 15.6 Å². The van der Waals surface area contributed by atoms with Crippen LogP contribution < -0.4 is 15.9 Å². The molecule has 0 unspecified atom stereocenters. The van der Waals surface area contributed by atoms with Crippen LogP contribution in [-0.4, -0.2) is 32.8 Å². The van der Waals surface area contributed by atoms with Gasteiger partial charge < -0.3 is 9.16 Å². The van der Waals surface area contributed by atoms with Crippen LogP contribution in [0.2, 0.25) is 18.1 Å². The Balaban J connectivity index is 1.57. The first-order valence-corrected chi connectivity index (χ1v) is 22.6. The zero-order valence-corrected chi connectivity index (χ0v) is 32.4. The molecule has 4 atom stereocenters. The fraction of sp³-hybridized carbons (Fsp3) is 0.400. The van der Waals surface area contributed by atoms with Gasteiger partial charge in [0.25, 0.3) is 0 Å². The first kappa shape index (κ1) is 36.0. The molecule has 0 aliphatic carbocycles. The molecule has 1 fully saturated rings. The van der Waals surface area contributed by atoms with Crippen molar-refractivity contribution in [2.24, 2.45) is 5.92 Å². The van der Waals surface area contributed by atoms with E-state index in [0.29, 0.717) is 5.92 Å². The van der Waals surface area contributed by atoms with Gasteiger partial charge in [-0.3, -0.25) is 0 Å². The Morgan fingerprint density at radius 2 is 1.40 bits per heavy atom. The largest absolute Gasteiger partial charge is 0.413 e. The Morgan fingerprint density at radius 1 is 0.889 bits per heavy atom. The average Bonchev–Trinajstić information content (AvgIpc) is 3.03. The Morgan fingerprint density at radius 3 is 1.87 bits per heavy atom. The summed E-state index contributed by atoms with van der Waals surface area (Å²) in [5, 5.41) is 4.49. The summed E-state index contributed by atoms with van der Waals surface area (Å²) in [5.74, 6) is 0.301. The summed E-state index contributed by atoms with van der Waals surface area (Å²) in [6.07, 6.45) is 13.6. The smallest absolute Gasteiger partial charge is 0.192 e. The lowest BCUT2D eigenvalue weighted by atomic mass is 9.88. The van der Waals surface area contributed by atoms with E-state index in [-0.39, 0.29) is 23.4 Å². The summed E-state index contributed by atoms with van der Waals surface area (Å²) in [7, 11) is -3.73. The number of hydrogen-bond donors (Lipinski definition) is 0. The van der Waals surface area contributed by atoms with E-state index in [1.165, 1.54) is 21.5 Å². The molecule has 3 aromatic rings. The molecule has 3 aromatic carbocycles. The van der Waals surface area contributed by atoms with Crippen LogP contribution in [0.5, 0.6) is 0 Å². The molecule has 0 saturated carbocycles. The second-order valence-corrected chi connectivity index (χ2v) is 23.1. The van der Waals surface area contributed by atoms with E-state index in [4.69, 9.17) is 9.16 Å². The van der Waals surface area contributed by atoms with Crippen molar-refractivity contribution in [3.05, 3.63) is 125 Å². The molecule has 4 rings (SSSR count). The van der Waals surface area contributed by atoms with Crippen molar-refractivity contribution < 1.29 is 9.16 Å². The third-order valence-electron chi connectivity index (χ3n) is 9.72. The van der Waals surface area contributed by atoms with E-state index in [1.807, 2.05) is 0 Å². The number of allylic oxidation sites excluding steroid dienone is 3. The maximum Gasteiger partial charge on any atom is 0.192 e. The monoisotopic (exact) mass is 751 g/mol. The lowest BCUT2D eigenvalue weighted by Gasteiger charge is -2.46. The predicted molar refractivity (Wildman–Crippen MR) is 210 cm³/mol. The molecule has 0 aromatic heterocycles. The van der Waals surface area contributed by atoms with Crippen molar-refractivity contribution in [2.45, 2.75) is 90.3 Å². The van der Waals surface area contributed by atoms with Crippen molar-refractivity contribution >= 4 is 54.1 Å². The first-order valence-electron chi connectivity index (χ1n) is 16.5. The van der Waals surface area contributed by atoms with Gasteiger partial charge in [-0.25, -0.2) is 0 Å². The maximum absolute atomic E-state index is 7.03. The summed E-state index contributed by atoms with van der Waals surface area (Å²) in [6.45, 7) is 16.3. The first-order chi connectivity index (χ1) is 21.5. The van der Waals surface area contributed by atoms with Crippen LogP contribution in [0.15, 0.2) is 125 Å². The Kier molecular flexibility index (Phi) is 13.1. The average molecular weight is 752 g/mol. The van der Waals surface area contributed by atoms with Crippen LogP contribution in [-0.2, 0) is 9.16 Å². The Labute approximate surface area is 289 Å². The standard InChI is InChI=1S/C40H53IO2PSi/c1-32(30-38-33(2)39(31-34(42-38)21-19-28-41)43-45(6,7)40(3,4)5)20-17-18-29-44(35-22-11-8-12-23-35,36-24-13-9-14-25-36)37-26-15-10-16-27-37/h8-17,19-20,22-28,30,33-34,38-39H,18,21,29,31H2,1-7H3/q+1/b20-17+,28-19+,32-30-/t33-,34-,38+,39-/m0/s1. The lowest BCUT2D eigenvalue weighted by molar-refractivity contribution is -0.105. The summed E-state index contributed by atoms with van der Waals surface area (Å²) in [4.78, 5) is 0. The number of halogens is 1. The molecule has 1 aliphatic heterocycles. The Bertz CT molecular complexity index is 1320. The van der Waals surface area contributed by atoms with Gasteiger partial charge in [0.2, 0.25) is 0 Å². The van der Waals surface area contributed by atoms with Crippen LogP contribution >= 0.6 is 29.9 Å². The van der Waals surface area contributed by atoms with Crippen molar-refractivity contribution in [2.75, 3.05) is 6.16 Å². The second-order valence-electron chi connectivity index (χ2n) is 14.0. The number of benzene rings is 3. The molecule has 0 N–H and O–H groups in total. The van der Waals surface area contributed by atoms with Crippen LogP contribution in [0, 0.1) is 5.92 Å². The zero-order valence-electron chi connectivity index (χ0n) is 28.3. The molecule has 240 valence electrons. The number of rotatable bonds is 12. The topological polar surface area (TPSA) is 18.5 Å². The zero-order chi connectivity index (χ0) is 32.5. The van der Waals surface area contributed by atoms with Gasteiger partial charge in [0.1, 0.15) is 23.2 Å². The van der Waals surface area contributed by atoms with E-state index in [1.54, 1.807) is 0 Å². The van der Waals surface area contributed by atoms with Crippen LogP contribution in [0.4, 0.5) is 0 Å². The van der Waals surface area contributed by atoms with Gasteiger partial charge in [-0.15, -0.1) is 0 Å². The van der Waals surface area contributed by atoms with E-state index in [2.05, 4.69) is 190 Å². The van der Waals surface area contributed by atoms with Crippen LogP contribution in [0.1, 0.15) is 53.9 Å². The van der Waals surface area contributed by atoms with Gasteiger partial charge in [-0.2, -0.15) is 0 Å². The predicted octanol–water partition coefficient (Wildman–Crippen LogP) is 10.4. The molecule has 45 heavy (non-hydrogen) atoms. The van der Waals surface area contributed by atoms with Gasteiger partial charge in [0.15, 0.2) is 8.32 Å². The highest BCUT2D eigenvalue weighted by Gasteiger charge is 2.45. The van der Waals surface area contributed by atoms with Crippen LogP contribution in [0.3, 0.4) is 0 Å². The fourth-order valence-corrected chi connectivity index (χ4v) is 12.0. The van der Waals surface area contributed by atoms with Gasteiger partial charge in [0, 0.05) is 12.3 Å². The molecule has 1 aliphatic rings. The quantitative estimate of drug-likeness (QED) is 0.0794. The molecule has 2 nitrogen and oxygen atoms in total. The SMILES string of the molecule is CC(=C/[C@H]1O[C@@H](C/C=C/I)C[C@H](O[Si](C)(C)C(C)(C)C)[C@H]1C)/C=C/CC[P+](c1ccccc1)(c1ccccc1)c1ccccc1. The molecule has 1 saturated heterocycles. The Hall–Kier alpha value is -1.82. The number of ether oxygens (including phenoxy) is 1. The molecule has 5 heteroatoms. The van der Waals surface area contributed by atoms with E-state index in [0.717, 1.165) is 25.4 Å². The van der Waals surface area contributed by atoms with Gasteiger partial charge >= 0.3 is 0 Å². The third-order valence-corrected chi connectivity index (χ3v) is 19.2. The minimum Gasteiger partial charge on any atom is -0.413 e. The molecular formula is C40H53IO2PSi+. The highest BCUT2D eigenvalue weighted by Crippen LogP contribution is 2.55. The molecular weight excluding hydrogens is 698 g/mol. The lowest BCUT2D eigenvalue weighted by Crippen LogP contribution is -2.51. The highest BCUT2D eigenvalue weighted by atomic mass is 127.